The molecule has 0 fully saturated rings. The Hall–Kier alpha value is -3.47. The number of rotatable bonds is 4. The highest BCUT2D eigenvalue weighted by molar-refractivity contribution is 5.91. The summed E-state index contributed by atoms with van der Waals surface area (Å²) in [6, 6.07) is 22.3. The molecule has 5 heteroatoms. The Labute approximate surface area is 138 Å². The lowest BCUT2D eigenvalue weighted by molar-refractivity contribution is -0.384. The highest BCUT2D eigenvalue weighted by atomic mass is 16.6. The van der Waals surface area contributed by atoms with Crippen LogP contribution in [-0.4, -0.2) is 10.9 Å². The van der Waals surface area contributed by atoms with E-state index in [1.807, 2.05) is 42.5 Å². The van der Waals surface area contributed by atoms with Gasteiger partial charge in [-0.2, -0.15) is 0 Å². The van der Waals surface area contributed by atoms with Crippen molar-refractivity contribution in [1.82, 2.24) is 0 Å². The quantitative estimate of drug-likeness (QED) is 0.308. The molecule has 0 heterocycles. The number of nitrogens with zero attached hydrogens (tertiary/aromatic N) is 1. The number of carbonyl (C=O) groups is 1. The Morgan fingerprint density at radius 2 is 1.38 bits per heavy atom. The Balaban J connectivity index is 1.72. The number of esters is 1. The topological polar surface area (TPSA) is 69.4 Å². The van der Waals surface area contributed by atoms with E-state index in [1.165, 1.54) is 24.3 Å². The summed E-state index contributed by atoms with van der Waals surface area (Å²) in [5.74, 6) is -0.249. The van der Waals surface area contributed by atoms with E-state index in [4.69, 9.17) is 4.74 Å². The first-order valence-electron chi connectivity index (χ1n) is 7.25. The first kappa shape index (κ1) is 15.4. The second kappa shape index (κ2) is 6.75. The summed E-state index contributed by atoms with van der Waals surface area (Å²) in [7, 11) is 0. The maximum atomic E-state index is 12.1. The van der Waals surface area contributed by atoms with E-state index >= 15 is 0 Å². The van der Waals surface area contributed by atoms with Crippen molar-refractivity contribution in [2.45, 2.75) is 0 Å². The number of benzene rings is 3. The van der Waals surface area contributed by atoms with Crippen molar-refractivity contribution in [3.8, 4) is 16.9 Å². The molecule has 0 spiro atoms. The van der Waals surface area contributed by atoms with Crippen molar-refractivity contribution >= 4 is 11.7 Å². The molecule has 0 saturated carbocycles. The van der Waals surface area contributed by atoms with Crippen LogP contribution in [0.3, 0.4) is 0 Å². The third-order valence-electron chi connectivity index (χ3n) is 3.49. The number of nitro benzene ring substituents is 1. The van der Waals surface area contributed by atoms with Gasteiger partial charge in [0.1, 0.15) is 5.75 Å². The molecule has 0 aromatic heterocycles. The van der Waals surface area contributed by atoms with E-state index in [0.717, 1.165) is 11.1 Å². The van der Waals surface area contributed by atoms with Crippen LogP contribution in [0.1, 0.15) is 10.4 Å². The second-order valence-electron chi connectivity index (χ2n) is 5.08. The summed E-state index contributed by atoms with van der Waals surface area (Å²) in [6.07, 6.45) is 0. The van der Waals surface area contributed by atoms with Crippen LogP contribution in [0.4, 0.5) is 5.69 Å². The SMILES string of the molecule is O=C(Oc1ccc([N+](=O)[O-])cc1)c1ccc(-c2ccccc2)cc1. The normalized spacial score (nSPS) is 10.2. The van der Waals surface area contributed by atoms with E-state index < -0.39 is 10.9 Å². The Kier molecular flexibility index (Phi) is 4.34. The van der Waals surface area contributed by atoms with Gasteiger partial charge in [0.15, 0.2) is 0 Å². The average molecular weight is 319 g/mol. The van der Waals surface area contributed by atoms with Gasteiger partial charge in [0, 0.05) is 12.1 Å². The summed E-state index contributed by atoms with van der Waals surface area (Å²) >= 11 is 0. The first-order chi connectivity index (χ1) is 11.6. The molecule has 3 rings (SSSR count). The Morgan fingerprint density at radius 3 is 1.96 bits per heavy atom. The molecular weight excluding hydrogens is 306 g/mol. The third-order valence-corrected chi connectivity index (χ3v) is 3.49. The predicted octanol–water partition coefficient (Wildman–Crippen LogP) is 4.48. The molecule has 0 radical (unpaired) electrons. The number of hydrogen-bond donors (Lipinski definition) is 0. The molecule has 0 saturated heterocycles. The first-order valence-corrected chi connectivity index (χ1v) is 7.25. The molecule has 0 bridgehead atoms. The second-order valence-corrected chi connectivity index (χ2v) is 5.08. The summed E-state index contributed by atoms with van der Waals surface area (Å²) < 4.78 is 5.22. The van der Waals surface area contributed by atoms with Crippen LogP contribution in [0.25, 0.3) is 11.1 Å². The molecule has 0 aliphatic rings. The van der Waals surface area contributed by atoms with Gasteiger partial charge in [-0.05, 0) is 35.4 Å². The van der Waals surface area contributed by atoms with Gasteiger partial charge in [-0.15, -0.1) is 0 Å². The zero-order valence-electron chi connectivity index (χ0n) is 12.6. The van der Waals surface area contributed by atoms with Crippen molar-refractivity contribution in [3.05, 3.63) is 94.5 Å². The molecule has 5 nitrogen and oxygen atoms in total. The largest absolute Gasteiger partial charge is 0.423 e. The van der Waals surface area contributed by atoms with Crippen molar-refractivity contribution in [2.75, 3.05) is 0 Å². The van der Waals surface area contributed by atoms with Gasteiger partial charge < -0.3 is 4.74 Å². The molecule has 0 N–H and O–H groups in total. The lowest BCUT2D eigenvalue weighted by Gasteiger charge is -2.06. The van der Waals surface area contributed by atoms with Gasteiger partial charge in [-0.25, -0.2) is 4.79 Å². The van der Waals surface area contributed by atoms with Gasteiger partial charge in [-0.1, -0.05) is 42.5 Å². The number of non-ortho nitro benzene ring substituents is 1. The number of hydrogen-bond acceptors (Lipinski definition) is 4. The van der Waals surface area contributed by atoms with Crippen molar-refractivity contribution in [1.29, 1.82) is 0 Å². The van der Waals surface area contributed by atoms with Gasteiger partial charge in [0.05, 0.1) is 10.5 Å². The monoisotopic (exact) mass is 319 g/mol. The Morgan fingerprint density at radius 1 is 0.792 bits per heavy atom. The fourth-order valence-corrected chi connectivity index (χ4v) is 2.23. The van der Waals surface area contributed by atoms with Crippen LogP contribution in [0.5, 0.6) is 5.75 Å². The van der Waals surface area contributed by atoms with Crippen molar-refractivity contribution in [3.63, 3.8) is 0 Å². The molecule has 118 valence electrons. The van der Waals surface area contributed by atoms with Crippen LogP contribution < -0.4 is 4.74 Å². The lowest BCUT2D eigenvalue weighted by atomic mass is 10.0. The van der Waals surface area contributed by atoms with Crippen LogP contribution in [0.2, 0.25) is 0 Å². The van der Waals surface area contributed by atoms with Crippen molar-refractivity contribution < 1.29 is 14.5 Å². The van der Waals surface area contributed by atoms with Crippen molar-refractivity contribution in [2.24, 2.45) is 0 Å². The molecule has 3 aromatic carbocycles. The minimum atomic E-state index is -0.511. The lowest BCUT2D eigenvalue weighted by Crippen LogP contribution is -2.08. The zero-order valence-corrected chi connectivity index (χ0v) is 12.6. The summed E-state index contributed by atoms with van der Waals surface area (Å²) in [4.78, 5) is 22.2. The standard InChI is InChI=1S/C19H13NO4/c21-19(24-18-12-10-17(11-13-18)20(22)23)16-8-6-15(7-9-16)14-4-2-1-3-5-14/h1-13H. The van der Waals surface area contributed by atoms with Gasteiger partial charge >= 0.3 is 5.97 Å². The van der Waals surface area contributed by atoms with Crippen LogP contribution in [0.15, 0.2) is 78.9 Å². The number of nitro groups is 1. The molecule has 0 unspecified atom stereocenters. The summed E-state index contributed by atoms with van der Waals surface area (Å²) in [5.41, 5.74) is 2.42. The van der Waals surface area contributed by atoms with E-state index in [0.29, 0.717) is 5.56 Å². The van der Waals surface area contributed by atoms with Gasteiger partial charge in [0.2, 0.25) is 0 Å². The summed E-state index contributed by atoms with van der Waals surface area (Å²) in [6.45, 7) is 0. The molecule has 0 aliphatic carbocycles. The Bertz CT molecular complexity index is 856. The third kappa shape index (κ3) is 3.47. The van der Waals surface area contributed by atoms with E-state index in [2.05, 4.69) is 0 Å². The molecular formula is C19H13NO4. The van der Waals surface area contributed by atoms with E-state index in [-0.39, 0.29) is 11.4 Å². The average Bonchev–Trinajstić information content (AvgIpc) is 2.63. The van der Waals surface area contributed by atoms with Crippen LogP contribution >= 0.6 is 0 Å². The zero-order chi connectivity index (χ0) is 16.9. The maximum absolute atomic E-state index is 12.1. The molecule has 3 aromatic rings. The highest BCUT2D eigenvalue weighted by Crippen LogP contribution is 2.21. The highest BCUT2D eigenvalue weighted by Gasteiger charge is 2.10. The van der Waals surface area contributed by atoms with E-state index in [1.54, 1.807) is 12.1 Å². The molecule has 0 atom stereocenters. The maximum Gasteiger partial charge on any atom is 0.343 e. The predicted molar refractivity (Wildman–Crippen MR) is 89.9 cm³/mol. The molecule has 0 aliphatic heterocycles. The minimum absolute atomic E-state index is 0.0537. The minimum Gasteiger partial charge on any atom is -0.423 e. The van der Waals surface area contributed by atoms with Crippen LogP contribution in [0, 0.1) is 10.1 Å². The fourth-order valence-electron chi connectivity index (χ4n) is 2.23. The fraction of sp³-hybridized carbons (Fsp3) is 0. The van der Waals surface area contributed by atoms with Gasteiger partial charge in [0.25, 0.3) is 5.69 Å². The van der Waals surface area contributed by atoms with E-state index in [9.17, 15) is 14.9 Å². The smallest absolute Gasteiger partial charge is 0.343 e. The summed E-state index contributed by atoms with van der Waals surface area (Å²) in [5, 5.41) is 10.6. The van der Waals surface area contributed by atoms with Gasteiger partial charge in [-0.3, -0.25) is 10.1 Å². The molecule has 24 heavy (non-hydrogen) atoms. The van der Waals surface area contributed by atoms with Crippen LogP contribution in [-0.2, 0) is 0 Å². The number of ether oxygens (including phenoxy) is 1. The molecule has 0 amide bonds. The number of carbonyl (C=O) groups excluding carboxylic acids is 1.